The fourth-order valence-electron chi connectivity index (χ4n) is 2.95. The standard InChI is InChI=1S/C19H19N5S/c1-23-12-14(11-21-23)17-8-13-10-20-19(9-18(13)24(17)2)22-15-4-6-16(25-3)7-5-15/h4-12H,1-3H3,(H,20,22). The molecule has 0 spiro atoms. The first-order chi connectivity index (χ1) is 12.1. The molecule has 126 valence electrons. The number of nitrogens with zero attached hydrogens (tertiary/aromatic N) is 4. The van der Waals surface area contributed by atoms with Crippen LogP contribution in [0, 0.1) is 0 Å². The molecule has 1 aromatic carbocycles. The molecule has 0 radical (unpaired) electrons. The van der Waals surface area contributed by atoms with Crippen LogP contribution >= 0.6 is 11.8 Å². The normalized spacial score (nSPS) is 11.2. The van der Waals surface area contributed by atoms with E-state index < -0.39 is 0 Å². The summed E-state index contributed by atoms with van der Waals surface area (Å²) in [5, 5.41) is 8.76. The lowest BCUT2D eigenvalue weighted by Gasteiger charge is -2.07. The van der Waals surface area contributed by atoms with E-state index in [1.165, 1.54) is 4.90 Å². The van der Waals surface area contributed by atoms with Crippen molar-refractivity contribution in [3.8, 4) is 11.3 Å². The number of aryl methyl sites for hydroxylation is 2. The maximum absolute atomic E-state index is 4.55. The second-order valence-electron chi connectivity index (χ2n) is 5.97. The Kier molecular flexibility index (Phi) is 3.97. The van der Waals surface area contributed by atoms with Crippen molar-refractivity contribution in [3.63, 3.8) is 0 Å². The summed E-state index contributed by atoms with van der Waals surface area (Å²) >= 11 is 1.74. The molecule has 0 saturated heterocycles. The molecule has 0 saturated carbocycles. The van der Waals surface area contributed by atoms with Crippen molar-refractivity contribution >= 4 is 34.2 Å². The molecule has 25 heavy (non-hydrogen) atoms. The second kappa shape index (κ2) is 6.29. The van der Waals surface area contributed by atoms with E-state index >= 15 is 0 Å². The van der Waals surface area contributed by atoms with Gasteiger partial charge in [0.25, 0.3) is 0 Å². The number of anilines is 2. The minimum Gasteiger partial charge on any atom is -0.343 e. The fraction of sp³-hybridized carbons (Fsp3) is 0.158. The molecule has 5 nitrogen and oxygen atoms in total. The minimum atomic E-state index is 0.836. The summed E-state index contributed by atoms with van der Waals surface area (Å²) in [6.45, 7) is 0. The zero-order valence-electron chi connectivity index (χ0n) is 14.4. The molecule has 0 aliphatic heterocycles. The number of hydrogen-bond donors (Lipinski definition) is 1. The van der Waals surface area contributed by atoms with Gasteiger partial charge in [0.15, 0.2) is 0 Å². The number of hydrogen-bond acceptors (Lipinski definition) is 4. The predicted molar refractivity (Wildman–Crippen MR) is 104 cm³/mol. The van der Waals surface area contributed by atoms with Crippen molar-refractivity contribution in [1.29, 1.82) is 0 Å². The Morgan fingerprint density at radius 2 is 1.84 bits per heavy atom. The van der Waals surface area contributed by atoms with Crippen LogP contribution in [0.1, 0.15) is 0 Å². The van der Waals surface area contributed by atoms with Crippen LogP contribution in [-0.2, 0) is 14.1 Å². The van der Waals surface area contributed by atoms with Gasteiger partial charge in [-0.1, -0.05) is 0 Å². The predicted octanol–water partition coefficient (Wildman–Crippen LogP) is 4.44. The first-order valence-electron chi connectivity index (χ1n) is 7.99. The summed E-state index contributed by atoms with van der Waals surface area (Å²) in [5.74, 6) is 0.836. The van der Waals surface area contributed by atoms with Gasteiger partial charge in [-0.3, -0.25) is 4.68 Å². The Hall–Kier alpha value is -2.73. The summed E-state index contributed by atoms with van der Waals surface area (Å²) < 4.78 is 3.99. The summed E-state index contributed by atoms with van der Waals surface area (Å²) in [6.07, 6.45) is 7.89. The van der Waals surface area contributed by atoms with Crippen LogP contribution in [0.3, 0.4) is 0 Å². The van der Waals surface area contributed by atoms with E-state index in [-0.39, 0.29) is 0 Å². The molecule has 3 heterocycles. The maximum atomic E-state index is 4.55. The average Bonchev–Trinajstić information content (AvgIpc) is 3.19. The highest BCUT2D eigenvalue weighted by Gasteiger charge is 2.10. The van der Waals surface area contributed by atoms with Crippen molar-refractivity contribution in [2.45, 2.75) is 4.90 Å². The van der Waals surface area contributed by atoms with Crippen LogP contribution in [-0.4, -0.2) is 25.6 Å². The maximum Gasteiger partial charge on any atom is 0.132 e. The highest BCUT2D eigenvalue weighted by molar-refractivity contribution is 7.98. The summed E-state index contributed by atoms with van der Waals surface area (Å²) in [6, 6.07) is 12.6. The van der Waals surface area contributed by atoms with Gasteiger partial charge < -0.3 is 9.88 Å². The third-order valence-corrected chi connectivity index (χ3v) is 5.03. The Morgan fingerprint density at radius 1 is 1.04 bits per heavy atom. The number of benzene rings is 1. The molecule has 4 aromatic rings. The number of thioether (sulfide) groups is 1. The highest BCUT2D eigenvalue weighted by Crippen LogP contribution is 2.28. The zero-order chi connectivity index (χ0) is 17.4. The van der Waals surface area contributed by atoms with Gasteiger partial charge in [0, 0.05) is 54.1 Å². The van der Waals surface area contributed by atoms with Crippen LogP contribution in [0.4, 0.5) is 11.5 Å². The first kappa shape index (κ1) is 15.8. The van der Waals surface area contributed by atoms with E-state index in [9.17, 15) is 0 Å². The number of rotatable bonds is 4. The minimum absolute atomic E-state index is 0.836. The third-order valence-electron chi connectivity index (χ3n) is 4.29. The van der Waals surface area contributed by atoms with E-state index in [1.807, 2.05) is 30.3 Å². The van der Waals surface area contributed by atoms with Crippen molar-refractivity contribution in [1.82, 2.24) is 19.3 Å². The monoisotopic (exact) mass is 349 g/mol. The van der Waals surface area contributed by atoms with Crippen LogP contribution in [0.2, 0.25) is 0 Å². The van der Waals surface area contributed by atoms with Gasteiger partial charge in [-0.05, 0) is 36.6 Å². The fourth-order valence-corrected chi connectivity index (χ4v) is 3.36. The molecule has 4 rings (SSSR count). The van der Waals surface area contributed by atoms with Gasteiger partial charge >= 0.3 is 0 Å². The molecular weight excluding hydrogens is 330 g/mol. The van der Waals surface area contributed by atoms with Gasteiger partial charge in [0.1, 0.15) is 5.82 Å². The highest BCUT2D eigenvalue weighted by atomic mass is 32.2. The molecule has 0 fully saturated rings. The van der Waals surface area contributed by atoms with Crippen molar-refractivity contribution in [2.24, 2.45) is 14.1 Å². The number of aromatic nitrogens is 4. The van der Waals surface area contributed by atoms with Gasteiger partial charge in [0.05, 0.1) is 17.4 Å². The lowest BCUT2D eigenvalue weighted by molar-refractivity contribution is 0.768. The molecular formula is C19H19N5S. The Balaban J connectivity index is 1.68. The quantitative estimate of drug-likeness (QED) is 0.553. The number of pyridine rings is 1. The van der Waals surface area contributed by atoms with E-state index in [2.05, 4.69) is 69.7 Å². The van der Waals surface area contributed by atoms with Crippen molar-refractivity contribution in [3.05, 3.63) is 55.0 Å². The Bertz CT molecular complexity index is 1030. The van der Waals surface area contributed by atoms with Crippen molar-refractivity contribution < 1.29 is 0 Å². The zero-order valence-corrected chi connectivity index (χ0v) is 15.2. The van der Waals surface area contributed by atoms with Gasteiger partial charge in [-0.25, -0.2) is 4.98 Å². The van der Waals surface area contributed by atoms with Crippen LogP contribution < -0.4 is 5.32 Å². The summed E-state index contributed by atoms with van der Waals surface area (Å²) in [5.41, 5.74) is 4.40. The summed E-state index contributed by atoms with van der Waals surface area (Å²) in [7, 11) is 4.00. The second-order valence-corrected chi connectivity index (χ2v) is 6.85. The van der Waals surface area contributed by atoms with Crippen LogP contribution in [0.25, 0.3) is 22.2 Å². The van der Waals surface area contributed by atoms with Crippen molar-refractivity contribution in [2.75, 3.05) is 11.6 Å². The van der Waals surface area contributed by atoms with Gasteiger partial charge in [-0.2, -0.15) is 5.10 Å². The molecule has 0 bridgehead atoms. The van der Waals surface area contributed by atoms with Gasteiger partial charge in [-0.15, -0.1) is 11.8 Å². The van der Waals surface area contributed by atoms with E-state index in [1.54, 1.807) is 11.8 Å². The average molecular weight is 349 g/mol. The lowest BCUT2D eigenvalue weighted by atomic mass is 10.2. The Labute approximate surface area is 150 Å². The molecule has 0 aliphatic carbocycles. The molecule has 6 heteroatoms. The van der Waals surface area contributed by atoms with E-state index in [0.29, 0.717) is 0 Å². The SMILES string of the molecule is CSc1ccc(Nc2cc3c(cn2)cc(-c2cnn(C)c2)n3C)cc1. The Morgan fingerprint density at radius 3 is 2.52 bits per heavy atom. The smallest absolute Gasteiger partial charge is 0.132 e. The van der Waals surface area contributed by atoms with E-state index in [4.69, 9.17) is 0 Å². The molecule has 3 aromatic heterocycles. The van der Waals surface area contributed by atoms with Gasteiger partial charge in [0.2, 0.25) is 0 Å². The van der Waals surface area contributed by atoms with E-state index in [0.717, 1.165) is 33.7 Å². The lowest BCUT2D eigenvalue weighted by Crippen LogP contribution is -1.95. The largest absolute Gasteiger partial charge is 0.343 e. The molecule has 0 unspecified atom stereocenters. The van der Waals surface area contributed by atoms with Crippen LogP contribution in [0.15, 0.2) is 59.9 Å². The topological polar surface area (TPSA) is 47.7 Å². The summed E-state index contributed by atoms with van der Waals surface area (Å²) in [4.78, 5) is 5.80. The van der Waals surface area contributed by atoms with Crippen LogP contribution in [0.5, 0.6) is 0 Å². The molecule has 0 atom stereocenters. The number of fused-ring (bicyclic) bond motifs is 1. The molecule has 0 amide bonds. The molecule has 1 N–H and O–H groups in total. The first-order valence-corrected chi connectivity index (χ1v) is 9.22. The third kappa shape index (κ3) is 3.00. The molecule has 0 aliphatic rings. The number of nitrogens with one attached hydrogen (secondary N) is 1.